The molecule has 26 heavy (non-hydrogen) atoms. The van der Waals surface area contributed by atoms with Gasteiger partial charge in [-0.25, -0.2) is 0 Å². The first-order valence-corrected chi connectivity index (χ1v) is 10.2. The predicted octanol–water partition coefficient (Wildman–Crippen LogP) is 5.82. The van der Waals surface area contributed by atoms with Gasteiger partial charge in [-0.3, -0.25) is 9.59 Å². The van der Waals surface area contributed by atoms with Gasteiger partial charge in [-0.05, 0) is 72.3 Å². The molecule has 3 heteroatoms. The maximum absolute atomic E-state index is 12.5. The lowest BCUT2D eigenvalue weighted by molar-refractivity contribution is -0.121. The van der Waals surface area contributed by atoms with Gasteiger partial charge in [0.15, 0.2) is 11.6 Å². The molecule has 0 amide bonds. The van der Waals surface area contributed by atoms with Crippen LogP contribution in [0.3, 0.4) is 0 Å². The normalized spacial score (nSPS) is 25.2. The molecular weight excluding hydrogens is 344 g/mol. The molecule has 0 fully saturated rings. The van der Waals surface area contributed by atoms with Crippen LogP contribution < -0.4 is 0 Å². The van der Waals surface area contributed by atoms with Crippen LogP contribution in [0.5, 0.6) is 0 Å². The minimum absolute atomic E-state index is 0.0277. The van der Waals surface area contributed by atoms with Crippen LogP contribution >= 0.6 is 11.6 Å². The van der Waals surface area contributed by atoms with Crippen molar-refractivity contribution in [2.75, 3.05) is 0 Å². The molecule has 2 nitrogen and oxygen atoms in total. The fourth-order valence-corrected chi connectivity index (χ4v) is 5.14. The standard InChI is InChI=1S/C23H29ClO2/c1-6-19(25)16-9-8-15(10-20(16)26)21-14(4)13(3)17-11-23(5,7-2)12-18(17)22(21)24/h9,15H,6-8,10-12H2,1-5H3. The number of rotatable bonds is 4. The third-order valence-corrected chi connectivity index (χ3v) is 7.15. The largest absolute Gasteiger partial charge is 0.294 e. The van der Waals surface area contributed by atoms with E-state index < -0.39 is 0 Å². The van der Waals surface area contributed by atoms with Crippen LogP contribution in [0.2, 0.25) is 5.02 Å². The molecule has 0 saturated heterocycles. The van der Waals surface area contributed by atoms with Gasteiger partial charge in [0.2, 0.25) is 0 Å². The van der Waals surface area contributed by atoms with E-state index in [0.717, 1.165) is 36.3 Å². The summed E-state index contributed by atoms with van der Waals surface area (Å²) in [6.45, 7) is 10.7. The summed E-state index contributed by atoms with van der Waals surface area (Å²) in [5, 5.41) is 0.872. The lowest BCUT2D eigenvalue weighted by Gasteiger charge is -2.26. The molecule has 2 aliphatic rings. The van der Waals surface area contributed by atoms with Crippen LogP contribution in [0, 0.1) is 19.3 Å². The van der Waals surface area contributed by atoms with Crippen molar-refractivity contribution in [2.45, 2.75) is 79.1 Å². The Morgan fingerprint density at radius 3 is 2.42 bits per heavy atom. The predicted molar refractivity (Wildman–Crippen MR) is 107 cm³/mol. The van der Waals surface area contributed by atoms with Gasteiger partial charge in [0.1, 0.15) is 0 Å². The Bertz CT molecular complexity index is 818. The summed E-state index contributed by atoms with van der Waals surface area (Å²) in [5.41, 5.74) is 7.09. The van der Waals surface area contributed by atoms with E-state index in [9.17, 15) is 9.59 Å². The molecule has 0 heterocycles. The molecule has 2 aliphatic carbocycles. The van der Waals surface area contributed by atoms with E-state index in [1.165, 1.54) is 22.3 Å². The van der Waals surface area contributed by atoms with Crippen LogP contribution in [0.25, 0.3) is 0 Å². The summed E-state index contributed by atoms with van der Waals surface area (Å²) in [5.74, 6) is 0.0149. The summed E-state index contributed by atoms with van der Waals surface area (Å²) in [7, 11) is 0. The van der Waals surface area contributed by atoms with Crippen LogP contribution in [0.1, 0.15) is 80.2 Å². The van der Waals surface area contributed by atoms with Gasteiger partial charge in [-0.15, -0.1) is 0 Å². The third kappa shape index (κ3) is 3.07. The highest BCUT2D eigenvalue weighted by Crippen LogP contribution is 2.48. The first-order valence-electron chi connectivity index (χ1n) is 9.79. The van der Waals surface area contributed by atoms with Crippen LogP contribution in [-0.2, 0) is 22.4 Å². The average molecular weight is 373 g/mol. The van der Waals surface area contributed by atoms with Gasteiger partial charge in [0.05, 0.1) is 5.57 Å². The minimum atomic E-state index is -0.0416. The SMILES string of the molecule is CCC(=O)C1=CCC(c2c(C)c(C)c3c(c2Cl)CC(C)(CC)C3)CC1=O. The van der Waals surface area contributed by atoms with Crippen LogP contribution in [-0.4, -0.2) is 11.6 Å². The molecule has 1 aromatic rings. The van der Waals surface area contributed by atoms with Crippen LogP contribution in [0.15, 0.2) is 11.6 Å². The molecule has 1 aromatic carbocycles. The van der Waals surface area contributed by atoms with E-state index in [2.05, 4.69) is 27.7 Å². The lowest BCUT2D eigenvalue weighted by atomic mass is 9.79. The molecule has 2 unspecified atom stereocenters. The van der Waals surface area contributed by atoms with E-state index in [1.54, 1.807) is 6.92 Å². The number of carbonyl (C=O) groups is 2. The summed E-state index contributed by atoms with van der Waals surface area (Å²) in [6, 6.07) is 0. The Balaban J connectivity index is 2.03. The zero-order chi connectivity index (χ0) is 19.2. The Morgan fingerprint density at radius 2 is 1.85 bits per heavy atom. The topological polar surface area (TPSA) is 34.1 Å². The average Bonchev–Trinajstić information content (AvgIpc) is 2.98. The van der Waals surface area contributed by atoms with E-state index in [0.29, 0.717) is 18.4 Å². The smallest absolute Gasteiger partial charge is 0.166 e. The second-order valence-corrected chi connectivity index (χ2v) is 8.78. The van der Waals surface area contributed by atoms with Crippen molar-refractivity contribution in [2.24, 2.45) is 5.41 Å². The fraction of sp³-hybridized carbons (Fsp3) is 0.565. The number of ketones is 2. The second-order valence-electron chi connectivity index (χ2n) is 8.41. The number of fused-ring (bicyclic) bond motifs is 1. The van der Waals surface area contributed by atoms with Crippen molar-refractivity contribution in [1.82, 2.24) is 0 Å². The maximum atomic E-state index is 12.5. The van der Waals surface area contributed by atoms with Crippen molar-refractivity contribution in [3.8, 4) is 0 Å². The zero-order valence-electron chi connectivity index (χ0n) is 16.6. The summed E-state index contributed by atoms with van der Waals surface area (Å²) in [4.78, 5) is 24.5. The molecule has 0 spiro atoms. The minimum Gasteiger partial charge on any atom is -0.294 e. The van der Waals surface area contributed by atoms with Gasteiger partial charge in [0.25, 0.3) is 0 Å². The van der Waals surface area contributed by atoms with E-state index in [4.69, 9.17) is 11.6 Å². The molecule has 140 valence electrons. The van der Waals surface area contributed by atoms with E-state index in [-0.39, 0.29) is 22.9 Å². The molecule has 2 atom stereocenters. The highest BCUT2D eigenvalue weighted by atomic mass is 35.5. The highest BCUT2D eigenvalue weighted by molar-refractivity contribution is 6.32. The number of halogens is 1. The summed E-state index contributed by atoms with van der Waals surface area (Å²) >= 11 is 6.92. The van der Waals surface area contributed by atoms with Crippen molar-refractivity contribution in [3.05, 3.63) is 44.5 Å². The number of allylic oxidation sites excluding steroid dienone is 2. The van der Waals surface area contributed by atoms with Crippen molar-refractivity contribution >= 4 is 23.2 Å². The van der Waals surface area contributed by atoms with E-state index >= 15 is 0 Å². The van der Waals surface area contributed by atoms with Crippen molar-refractivity contribution in [1.29, 1.82) is 0 Å². The molecule has 0 aromatic heterocycles. The molecule has 0 radical (unpaired) electrons. The quantitative estimate of drug-likeness (QED) is 0.623. The Labute approximate surface area is 162 Å². The number of benzene rings is 1. The summed E-state index contributed by atoms with van der Waals surface area (Å²) in [6.07, 6.45) is 6.58. The number of Topliss-reactive ketones (excluding diaryl/α,β-unsaturated/α-hetero) is 2. The van der Waals surface area contributed by atoms with Gasteiger partial charge in [0, 0.05) is 17.9 Å². The van der Waals surface area contributed by atoms with Gasteiger partial charge in [-0.1, -0.05) is 44.9 Å². The third-order valence-electron chi connectivity index (χ3n) is 6.71. The molecule has 0 bridgehead atoms. The Hall–Kier alpha value is -1.41. The monoisotopic (exact) mass is 372 g/mol. The molecule has 0 aliphatic heterocycles. The molecule has 0 N–H and O–H groups in total. The Kier molecular flexibility index (Phi) is 5.18. The number of hydrogen-bond donors (Lipinski definition) is 0. The van der Waals surface area contributed by atoms with E-state index in [1.807, 2.05) is 6.08 Å². The van der Waals surface area contributed by atoms with Gasteiger partial charge in [-0.2, -0.15) is 0 Å². The highest BCUT2D eigenvalue weighted by Gasteiger charge is 2.37. The first kappa shape index (κ1) is 19.4. The lowest BCUT2D eigenvalue weighted by Crippen LogP contribution is -2.21. The summed E-state index contributed by atoms with van der Waals surface area (Å²) < 4.78 is 0. The van der Waals surface area contributed by atoms with Crippen molar-refractivity contribution < 1.29 is 9.59 Å². The van der Waals surface area contributed by atoms with Gasteiger partial charge >= 0.3 is 0 Å². The molecule has 3 rings (SSSR count). The molecule has 0 saturated carbocycles. The Morgan fingerprint density at radius 1 is 1.19 bits per heavy atom. The fourth-order valence-electron chi connectivity index (χ4n) is 4.66. The second kappa shape index (κ2) is 6.96. The maximum Gasteiger partial charge on any atom is 0.166 e. The first-order chi connectivity index (χ1) is 12.2. The van der Waals surface area contributed by atoms with Crippen LogP contribution in [0.4, 0.5) is 0 Å². The number of carbonyl (C=O) groups excluding carboxylic acids is 2. The molecular formula is C23H29ClO2. The van der Waals surface area contributed by atoms with Gasteiger partial charge < -0.3 is 0 Å². The number of hydrogen-bond acceptors (Lipinski definition) is 2. The zero-order valence-corrected chi connectivity index (χ0v) is 17.3. The van der Waals surface area contributed by atoms with Crippen molar-refractivity contribution in [3.63, 3.8) is 0 Å².